The van der Waals surface area contributed by atoms with E-state index in [1.165, 1.54) is 22.3 Å². The molecule has 4 aromatic rings. The van der Waals surface area contributed by atoms with Crippen LogP contribution in [0.5, 0.6) is 5.75 Å². The molecule has 0 aliphatic carbocycles. The molecular weight excluding hydrogens is 362 g/mol. The third-order valence-corrected chi connectivity index (χ3v) is 5.86. The zero-order chi connectivity index (χ0) is 19.2. The zero-order valence-corrected chi connectivity index (χ0v) is 16.7. The fourth-order valence-corrected chi connectivity index (χ4v) is 4.52. The summed E-state index contributed by atoms with van der Waals surface area (Å²) in [6, 6.07) is 31.9. The van der Waals surface area contributed by atoms with Gasteiger partial charge in [-0.2, -0.15) is 0 Å². The van der Waals surface area contributed by atoms with Crippen LogP contribution in [0, 0.1) is 0 Å². The molecule has 0 unspecified atom stereocenters. The normalized spacial score (nSPS) is 11.3. The minimum absolute atomic E-state index is 0.462. The Morgan fingerprint density at radius 3 is 1.61 bits per heavy atom. The average molecular weight is 386 g/mol. The first-order valence-corrected chi connectivity index (χ1v) is 10.3. The second-order valence-corrected chi connectivity index (χ2v) is 7.41. The summed E-state index contributed by atoms with van der Waals surface area (Å²) in [6.07, 6.45) is 0. The Balaban J connectivity index is 1.88. The van der Waals surface area contributed by atoms with Crippen molar-refractivity contribution in [2.75, 3.05) is 7.11 Å². The lowest BCUT2D eigenvalue weighted by atomic mass is 9.77. The van der Waals surface area contributed by atoms with Gasteiger partial charge in [-0.1, -0.05) is 91.0 Å². The van der Waals surface area contributed by atoms with Gasteiger partial charge in [0.25, 0.3) is 0 Å². The maximum atomic E-state index is 5.54. The van der Waals surface area contributed by atoms with Crippen LogP contribution in [0.1, 0.15) is 22.3 Å². The predicted octanol–water partition coefficient (Wildman–Crippen LogP) is 5.84. The summed E-state index contributed by atoms with van der Waals surface area (Å²) in [5, 5.41) is 8.08. The molecule has 1 aromatic heterocycles. The second kappa shape index (κ2) is 8.42. The number of rotatable bonds is 7. The first kappa shape index (κ1) is 18.5. The molecule has 0 saturated heterocycles. The maximum absolute atomic E-state index is 5.54. The Kier molecular flexibility index (Phi) is 5.56. The van der Waals surface area contributed by atoms with E-state index in [1.807, 2.05) is 5.38 Å². The van der Waals surface area contributed by atoms with Crippen molar-refractivity contribution in [1.29, 1.82) is 0 Å². The molecule has 0 amide bonds. The van der Waals surface area contributed by atoms with Gasteiger partial charge in [0.15, 0.2) is 0 Å². The van der Waals surface area contributed by atoms with Crippen LogP contribution in [0.3, 0.4) is 0 Å². The standard InChI is InChI=1S/C25H23NOS/c1-27-24-19-28-18-20(24)17-26-25(21-11-5-2-6-12-21,22-13-7-3-8-14-22)23-15-9-4-10-16-23/h2-16,18-19,26H,17H2,1H3. The van der Waals surface area contributed by atoms with Crippen molar-refractivity contribution in [2.24, 2.45) is 0 Å². The summed E-state index contributed by atoms with van der Waals surface area (Å²) in [7, 11) is 1.73. The first-order chi connectivity index (χ1) is 13.8. The fourth-order valence-electron chi connectivity index (χ4n) is 3.72. The van der Waals surface area contributed by atoms with Gasteiger partial charge in [0.1, 0.15) is 5.75 Å². The lowest BCUT2D eigenvalue weighted by Crippen LogP contribution is -2.44. The summed E-state index contributed by atoms with van der Waals surface area (Å²) in [5.74, 6) is 0.931. The second-order valence-electron chi connectivity index (χ2n) is 6.67. The molecule has 2 nitrogen and oxygen atoms in total. The highest BCUT2D eigenvalue weighted by atomic mass is 32.1. The largest absolute Gasteiger partial charge is 0.496 e. The van der Waals surface area contributed by atoms with Gasteiger partial charge in [-0.25, -0.2) is 0 Å². The average Bonchev–Trinajstić information content (AvgIpc) is 3.24. The van der Waals surface area contributed by atoms with Crippen molar-refractivity contribution in [2.45, 2.75) is 12.1 Å². The molecule has 4 rings (SSSR count). The number of methoxy groups -OCH3 is 1. The van der Waals surface area contributed by atoms with Crippen molar-refractivity contribution >= 4 is 11.3 Å². The highest BCUT2D eigenvalue weighted by Crippen LogP contribution is 2.37. The zero-order valence-electron chi connectivity index (χ0n) is 15.8. The van der Waals surface area contributed by atoms with Gasteiger partial charge in [0.05, 0.1) is 12.6 Å². The summed E-state index contributed by atoms with van der Waals surface area (Å²) in [6.45, 7) is 0.700. The van der Waals surface area contributed by atoms with Gasteiger partial charge in [-0.3, -0.25) is 5.32 Å². The number of ether oxygens (including phenoxy) is 1. The Labute approximate surface area is 170 Å². The van der Waals surface area contributed by atoms with E-state index < -0.39 is 5.54 Å². The minimum atomic E-state index is -0.462. The number of benzene rings is 3. The van der Waals surface area contributed by atoms with Gasteiger partial charge >= 0.3 is 0 Å². The molecule has 0 spiro atoms. The lowest BCUT2D eigenvalue weighted by molar-refractivity contribution is 0.403. The van der Waals surface area contributed by atoms with Crippen molar-refractivity contribution in [3.63, 3.8) is 0 Å². The highest BCUT2D eigenvalue weighted by molar-refractivity contribution is 7.08. The lowest BCUT2D eigenvalue weighted by Gasteiger charge is -2.37. The molecule has 0 atom stereocenters. The number of nitrogens with one attached hydrogen (secondary N) is 1. The molecule has 3 aromatic carbocycles. The van der Waals surface area contributed by atoms with E-state index in [0.29, 0.717) is 6.54 Å². The quantitative estimate of drug-likeness (QED) is 0.404. The van der Waals surface area contributed by atoms with E-state index in [4.69, 9.17) is 4.74 Å². The molecule has 0 fully saturated rings. The van der Waals surface area contributed by atoms with Crippen LogP contribution >= 0.6 is 11.3 Å². The molecule has 0 aliphatic heterocycles. The number of thiophene rings is 1. The minimum Gasteiger partial charge on any atom is -0.496 e. The molecule has 28 heavy (non-hydrogen) atoms. The summed E-state index contributed by atoms with van der Waals surface area (Å²) < 4.78 is 5.54. The third-order valence-electron chi connectivity index (χ3n) is 5.09. The smallest absolute Gasteiger partial charge is 0.134 e. The van der Waals surface area contributed by atoms with Crippen molar-refractivity contribution in [3.8, 4) is 5.75 Å². The van der Waals surface area contributed by atoms with Crippen LogP contribution in [0.25, 0.3) is 0 Å². The van der Waals surface area contributed by atoms with Gasteiger partial charge < -0.3 is 4.74 Å². The van der Waals surface area contributed by atoms with E-state index in [0.717, 1.165) is 5.75 Å². The van der Waals surface area contributed by atoms with E-state index in [-0.39, 0.29) is 0 Å². The molecule has 0 aliphatic rings. The summed E-state index contributed by atoms with van der Waals surface area (Å²) in [4.78, 5) is 0. The molecule has 3 heteroatoms. The molecule has 1 heterocycles. The maximum Gasteiger partial charge on any atom is 0.134 e. The number of hydrogen-bond donors (Lipinski definition) is 1. The molecule has 0 saturated carbocycles. The third kappa shape index (κ3) is 3.47. The molecule has 1 N–H and O–H groups in total. The predicted molar refractivity (Wildman–Crippen MR) is 117 cm³/mol. The molecular formula is C25H23NOS. The van der Waals surface area contributed by atoms with E-state index in [2.05, 4.69) is 102 Å². The van der Waals surface area contributed by atoms with E-state index in [1.54, 1.807) is 18.4 Å². The van der Waals surface area contributed by atoms with Crippen LogP contribution in [0.2, 0.25) is 0 Å². The first-order valence-electron chi connectivity index (χ1n) is 9.35. The fraction of sp³-hybridized carbons (Fsp3) is 0.120. The monoisotopic (exact) mass is 385 g/mol. The van der Waals surface area contributed by atoms with Gasteiger partial charge in [-0.15, -0.1) is 11.3 Å². The Morgan fingerprint density at radius 1 is 0.714 bits per heavy atom. The summed E-state index contributed by atoms with van der Waals surface area (Å²) in [5.41, 5.74) is 4.33. The van der Waals surface area contributed by atoms with Gasteiger partial charge in [-0.05, 0) is 22.1 Å². The van der Waals surface area contributed by atoms with E-state index >= 15 is 0 Å². The van der Waals surface area contributed by atoms with Crippen molar-refractivity contribution < 1.29 is 4.74 Å². The van der Waals surface area contributed by atoms with Crippen LogP contribution < -0.4 is 10.1 Å². The SMILES string of the molecule is COc1cscc1CNC(c1ccccc1)(c1ccccc1)c1ccccc1. The summed E-state index contributed by atoms with van der Waals surface area (Å²) >= 11 is 1.66. The Hall–Kier alpha value is -2.88. The Bertz CT molecular complexity index is 900. The Morgan fingerprint density at radius 2 is 1.18 bits per heavy atom. The van der Waals surface area contributed by atoms with Gasteiger partial charge in [0.2, 0.25) is 0 Å². The van der Waals surface area contributed by atoms with Gasteiger partial charge in [0, 0.05) is 17.5 Å². The highest BCUT2D eigenvalue weighted by Gasteiger charge is 2.35. The molecule has 140 valence electrons. The van der Waals surface area contributed by atoms with Crippen LogP contribution in [0.4, 0.5) is 0 Å². The van der Waals surface area contributed by atoms with Crippen LogP contribution in [0.15, 0.2) is 102 Å². The molecule has 0 radical (unpaired) electrons. The molecule has 0 bridgehead atoms. The van der Waals surface area contributed by atoms with Crippen LogP contribution in [-0.4, -0.2) is 7.11 Å². The van der Waals surface area contributed by atoms with Crippen LogP contribution in [-0.2, 0) is 12.1 Å². The van der Waals surface area contributed by atoms with Crippen molar-refractivity contribution in [3.05, 3.63) is 124 Å². The van der Waals surface area contributed by atoms with Crippen molar-refractivity contribution in [1.82, 2.24) is 5.32 Å². The topological polar surface area (TPSA) is 21.3 Å². The van der Waals surface area contributed by atoms with E-state index in [9.17, 15) is 0 Å². The number of hydrogen-bond acceptors (Lipinski definition) is 3.